The standard InChI is InChI=1S/C23H22N4O2/c1-23(2,18-10-4-3-5-11-18)21(28)24-19-12-8-9-17(15-19)16-27-22(29)26-14-7-6-13-20(26)25-27/h3-15H,16H2,1-2H3,(H,24,28). The molecule has 146 valence electrons. The van der Waals surface area contributed by atoms with Gasteiger partial charge in [0, 0.05) is 11.9 Å². The van der Waals surface area contributed by atoms with Crippen molar-refractivity contribution in [3.05, 3.63) is 101 Å². The molecule has 0 aliphatic rings. The zero-order chi connectivity index (χ0) is 20.4. The summed E-state index contributed by atoms with van der Waals surface area (Å²) in [6.07, 6.45) is 1.70. The molecule has 0 aliphatic heterocycles. The molecule has 29 heavy (non-hydrogen) atoms. The van der Waals surface area contributed by atoms with Crippen LogP contribution < -0.4 is 11.0 Å². The summed E-state index contributed by atoms with van der Waals surface area (Å²) in [5, 5.41) is 7.35. The predicted molar refractivity (Wildman–Crippen MR) is 113 cm³/mol. The second-order valence-corrected chi connectivity index (χ2v) is 7.51. The molecular formula is C23H22N4O2. The van der Waals surface area contributed by atoms with Gasteiger partial charge < -0.3 is 5.32 Å². The van der Waals surface area contributed by atoms with Gasteiger partial charge in [0.1, 0.15) is 0 Å². The van der Waals surface area contributed by atoms with Gasteiger partial charge in [-0.25, -0.2) is 9.48 Å². The molecule has 0 aliphatic carbocycles. The Kier molecular flexibility index (Phi) is 4.76. The second-order valence-electron chi connectivity index (χ2n) is 7.51. The summed E-state index contributed by atoms with van der Waals surface area (Å²) in [4.78, 5) is 25.4. The first-order valence-electron chi connectivity index (χ1n) is 9.45. The number of pyridine rings is 1. The van der Waals surface area contributed by atoms with E-state index in [-0.39, 0.29) is 11.6 Å². The van der Waals surface area contributed by atoms with Crippen LogP contribution in [0.1, 0.15) is 25.0 Å². The van der Waals surface area contributed by atoms with E-state index in [0.717, 1.165) is 11.1 Å². The van der Waals surface area contributed by atoms with Gasteiger partial charge in [-0.05, 0) is 49.2 Å². The van der Waals surface area contributed by atoms with E-state index >= 15 is 0 Å². The first-order chi connectivity index (χ1) is 13.9. The third-order valence-corrected chi connectivity index (χ3v) is 5.07. The number of anilines is 1. The van der Waals surface area contributed by atoms with Crippen LogP contribution in [0.3, 0.4) is 0 Å². The molecule has 2 heterocycles. The highest BCUT2D eigenvalue weighted by molar-refractivity contribution is 5.98. The average molecular weight is 386 g/mol. The van der Waals surface area contributed by atoms with Crippen molar-refractivity contribution in [3.63, 3.8) is 0 Å². The summed E-state index contributed by atoms with van der Waals surface area (Å²) in [6, 6.07) is 22.6. The minimum Gasteiger partial charge on any atom is -0.325 e. The van der Waals surface area contributed by atoms with Crippen molar-refractivity contribution in [2.24, 2.45) is 0 Å². The Bertz CT molecular complexity index is 1220. The fourth-order valence-electron chi connectivity index (χ4n) is 3.26. The van der Waals surface area contributed by atoms with E-state index in [2.05, 4.69) is 10.4 Å². The largest absolute Gasteiger partial charge is 0.350 e. The number of carbonyl (C=O) groups excluding carboxylic acids is 1. The molecule has 4 aromatic rings. The Hall–Kier alpha value is -3.67. The Balaban J connectivity index is 1.55. The SMILES string of the molecule is CC(C)(C(=O)Nc1cccc(Cn2nc3ccccn3c2=O)c1)c1ccccc1. The minimum atomic E-state index is -0.671. The Labute approximate surface area is 168 Å². The maximum absolute atomic E-state index is 12.9. The van der Waals surface area contributed by atoms with E-state index in [4.69, 9.17) is 0 Å². The average Bonchev–Trinajstić information content (AvgIpc) is 3.04. The van der Waals surface area contributed by atoms with Crippen molar-refractivity contribution in [1.82, 2.24) is 14.2 Å². The number of nitrogens with zero attached hydrogens (tertiary/aromatic N) is 3. The van der Waals surface area contributed by atoms with Crippen molar-refractivity contribution in [1.29, 1.82) is 0 Å². The number of hydrogen-bond donors (Lipinski definition) is 1. The summed E-state index contributed by atoms with van der Waals surface area (Å²) in [5.74, 6) is -0.0919. The van der Waals surface area contributed by atoms with Crippen LogP contribution in [-0.2, 0) is 16.8 Å². The van der Waals surface area contributed by atoms with Crippen LogP contribution in [0.2, 0.25) is 0 Å². The molecule has 0 fully saturated rings. The van der Waals surface area contributed by atoms with Crippen LogP contribution in [0.25, 0.3) is 5.65 Å². The fraction of sp³-hybridized carbons (Fsp3) is 0.174. The van der Waals surface area contributed by atoms with Crippen LogP contribution in [0, 0.1) is 0 Å². The summed E-state index contributed by atoms with van der Waals surface area (Å²) in [6.45, 7) is 4.13. The molecule has 2 aromatic heterocycles. The Morgan fingerprint density at radius 1 is 1.00 bits per heavy atom. The summed E-state index contributed by atoms with van der Waals surface area (Å²) in [7, 11) is 0. The molecule has 6 heteroatoms. The van der Waals surface area contributed by atoms with E-state index in [9.17, 15) is 9.59 Å². The molecular weight excluding hydrogens is 364 g/mol. The highest BCUT2D eigenvalue weighted by Gasteiger charge is 2.29. The quantitative estimate of drug-likeness (QED) is 0.571. The normalized spacial score (nSPS) is 11.5. The first kappa shape index (κ1) is 18.7. The molecule has 1 N–H and O–H groups in total. The molecule has 0 saturated carbocycles. The van der Waals surface area contributed by atoms with Crippen molar-refractivity contribution in [2.75, 3.05) is 5.32 Å². The number of amides is 1. The topological polar surface area (TPSA) is 68.4 Å². The third kappa shape index (κ3) is 3.69. The number of carbonyl (C=O) groups is 1. The number of fused-ring (bicyclic) bond motifs is 1. The maximum Gasteiger partial charge on any atom is 0.350 e. The first-order valence-corrected chi connectivity index (χ1v) is 9.45. The van der Waals surface area contributed by atoms with Gasteiger partial charge in [0.15, 0.2) is 5.65 Å². The van der Waals surface area contributed by atoms with Crippen LogP contribution in [0.5, 0.6) is 0 Å². The Morgan fingerprint density at radius 2 is 1.76 bits per heavy atom. The van der Waals surface area contributed by atoms with Crippen LogP contribution in [0.15, 0.2) is 83.8 Å². The number of rotatable bonds is 5. The lowest BCUT2D eigenvalue weighted by Crippen LogP contribution is -2.34. The smallest absolute Gasteiger partial charge is 0.325 e. The monoisotopic (exact) mass is 386 g/mol. The molecule has 1 amide bonds. The van der Waals surface area contributed by atoms with Gasteiger partial charge in [-0.15, -0.1) is 5.10 Å². The molecule has 0 spiro atoms. The molecule has 4 rings (SSSR count). The highest BCUT2D eigenvalue weighted by Crippen LogP contribution is 2.25. The zero-order valence-electron chi connectivity index (χ0n) is 16.4. The number of benzene rings is 2. The molecule has 0 atom stereocenters. The summed E-state index contributed by atoms with van der Waals surface area (Å²) < 4.78 is 2.93. The van der Waals surface area contributed by atoms with Gasteiger partial charge in [0.2, 0.25) is 5.91 Å². The molecule has 0 bridgehead atoms. The van der Waals surface area contributed by atoms with Gasteiger partial charge in [-0.1, -0.05) is 48.5 Å². The Morgan fingerprint density at radius 3 is 2.52 bits per heavy atom. The third-order valence-electron chi connectivity index (χ3n) is 5.07. The van der Waals surface area contributed by atoms with Gasteiger partial charge in [0.25, 0.3) is 0 Å². The summed E-state index contributed by atoms with van der Waals surface area (Å²) in [5.41, 5.74) is 2.26. The number of aromatic nitrogens is 3. The van der Waals surface area contributed by atoms with Gasteiger partial charge in [-0.3, -0.25) is 9.20 Å². The van der Waals surface area contributed by atoms with E-state index in [1.54, 1.807) is 18.3 Å². The van der Waals surface area contributed by atoms with Crippen molar-refractivity contribution in [2.45, 2.75) is 25.8 Å². The van der Waals surface area contributed by atoms with E-state index in [1.165, 1.54) is 9.08 Å². The number of nitrogens with one attached hydrogen (secondary N) is 1. The van der Waals surface area contributed by atoms with Gasteiger partial charge in [-0.2, -0.15) is 0 Å². The number of hydrogen-bond acceptors (Lipinski definition) is 3. The van der Waals surface area contributed by atoms with E-state index < -0.39 is 5.41 Å². The minimum absolute atomic E-state index is 0.0919. The zero-order valence-corrected chi connectivity index (χ0v) is 16.4. The lowest BCUT2D eigenvalue weighted by atomic mass is 9.83. The lowest BCUT2D eigenvalue weighted by molar-refractivity contribution is -0.120. The van der Waals surface area contributed by atoms with E-state index in [0.29, 0.717) is 17.9 Å². The molecule has 0 saturated heterocycles. The van der Waals surface area contributed by atoms with Gasteiger partial charge >= 0.3 is 5.69 Å². The lowest BCUT2D eigenvalue weighted by Gasteiger charge is -2.24. The fourth-order valence-corrected chi connectivity index (χ4v) is 3.26. The van der Waals surface area contributed by atoms with Crippen LogP contribution in [-0.4, -0.2) is 20.1 Å². The predicted octanol–water partition coefficient (Wildman–Crippen LogP) is 3.46. The van der Waals surface area contributed by atoms with Crippen molar-refractivity contribution >= 4 is 17.2 Å². The molecule has 0 unspecified atom stereocenters. The molecule has 2 aromatic carbocycles. The van der Waals surface area contributed by atoms with Crippen LogP contribution >= 0.6 is 0 Å². The van der Waals surface area contributed by atoms with E-state index in [1.807, 2.05) is 74.5 Å². The van der Waals surface area contributed by atoms with Crippen molar-refractivity contribution < 1.29 is 4.79 Å². The highest BCUT2D eigenvalue weighted by atomic mass is 16.2. The van der Waals surface area contributed by atoms with Crippen LogP contribution in [0.4, 0.5) is 5.69 Å². The summed E-state index contributed by atoms with van der Waals surface area (Å²) >= 11 is 0. The molecule has 6 nitrogen and oxygen atoms in total. The second kappa shape index (κ2) is 7.39. The maximum atomic E-state index is 12.9. The van der Waals surface area contributed by atoms with Crippen molar-refractivity contribution in [3.8, 4) is 0 Å². The van der Waals surface area contributed by atoms with Gasteiger partial charge in [0.05, 0.1) is 12.0 Å². The molecule has 0 radical (unpaired) electrons.